The van der Waals surface area contributed by atoms with Gasteiger partial charge in [0, 0.05) is 10.5 Å². The summed E-state index contributed by atoms with van der Waals surface area (Å²) in [5.41, 5.74) is 7.17. The van der Waals surface area contributed by atoms with Crippen LogP contribution in [0.1, 0.15) is 25.5 Å². The molecule has 90 valence electrons. The lowest BCUT2D eigenvalue weighted by molar-refractivity contribution is 0.299. The smallest absolute Gasteiger partial charge is 0.0361 e. The van der Waals surface area contributed by atoms with Gasteiger partial charge in [0.15, 0.2) is 0 Å². The van der Waals surface area contributed by atoms with E-state index in [0.29, 0.717) is 24.4 Å². The summed E-state index contributed by atoms with van der Waals surface area (Å²) in [4.78, 5) is 0. The highest BCUT2D eigenvalue weighted by atomic mass is 79.9. The average Bonchev–Trinajstić information content (AvgIpc) is 2.25. The van der Waals surface area contributed by atoms with Gasteiger partial charge in [0.1, 0.15) is 0 Å². The van der Waals surface area contributed by atoms with Crippen molar-refractivity contribution in [2.45, 2.75) is 19.9 Å². The minimum Gasteiger partial charge on any atom is -0.330 e. The van der Waals surface area contributed by atoms with E-state index in [1.165, 1.54) is 5.56 Å². The molecule has 0 aromatic heterocycles. The van der Waals surface area contributed by atoms with Crippen molar-refractivity contribution in [3.05, 3.63) is 34.3 Å². The second-order valence-electron chi connectivity index (χ2n) is 4.46. The number of nitrogens with one attached hydrogen (secondary N) is 1. The zero-order chi connectivity index (χ0) is 12.1. The molecule has 3 heteroatoms. The fourth-order valence-corrected chi connectivity index (χ4v) is 2.54. The third kappa shape index (κ3) is 3.30. The van der Waals surface area contributed by atoms with Crippen molar-refractivity contribution in [1.82, 2.24) is 5.32 Å². The molecule has 0 aliphatic rings. The Labute approximate surface area is 107 Å². The predicted octanol–water partition coefficient (Wildman–Crippen LogP) is 2.94. The molecule has 0 saturated heterocycles. The molecule has 0 bridgehead atoms. The monoisotopic (exact) mass is 284 g/mol. The Hall–Kier alpha value is -0.380. The molecule has 2 unspecified atom stereocenters. The van der Waals surface area contributed by atoms with E-state index in [0.717, 1.165) is 4.47 Å². The summed E-state index contributed by atoms with van der Waals surface area (Å²) < 4.78 is 1.12. The van der Waals surface area contributed by atoms with Crippen LogP contribution < -0.4 is 11.1 Å². The van der Waals surface area contributed by atoms with E-state index in [9.17, 15) is 0 Å². The third-order valence-corrected chi connectivity index (χ3v) is 3.57. The first-order chi connectivity index (χ1) is 7.60. The van der Waals surface area contributed by atoms with Crippen molar-refractivity contribution < 1.29 is 0 Å². The Morgan fingerprint density at radius 3 is 2.50 bits per heavy atom. The van der Waals surface area contributed by atoms with Gasteiger partial charge in [0.2, 0.25) is 0 Å². The van der Waals surface area contributed by atoms with Gasteiger partial charge in [0.05, 0.1) is 0 Å². The normalized spacial score (nSPS) is 15.1. The maximum atomic E-state index is 5.87. The fraction of sp³-hybridized carbons (Fsp3) is 0.538. The molecule has 1 rings (SSSR count). The molecule has 0 aliphatic heterocycles. The molecule has 0 saturated carbocycles. The Kier molecular flexibility index (Phi) is 5.46. The molecule has 2 atom stereocenters. The summed E-state index contributed by atoms with van der Waals surface area (Å²) in [6, 6.07) is 8.74. The SMILES string of the molecule is CNC(c1cccc(Br)c1)C(CN)C(C)C. The number of halogens is 1. The summed E-state index contributed by atoms with van der Waals surface area (Å²) in [7, 11) is 2.00. The zero-order valence-corrected chi connectivity index (χ0v) is 11.8. The summed E-state index contributed by atoms with van der Waals surface area (Å²) in [5, 5.41) is 3.38. The van der Waals surface area contributed by atoms with Gasteiger partial charge in [-0.1, -0.05) is 41.9 Å². The molecule has 0 aliphatic carbocycles. The largest absolute Gasteiger partial charge is 0.330 e. The van der Waals surface area contributed by atoms with Gasteiger partial charge in [-0.15, -0.1) is 0 Å². The number of nitrogens with two attached hydrogens (primary N) is 1. The number of hydrogen-bond acceptors (Lipinski definition) is 2. The highest BCUT2D eigenvalue weighted by molar-refractivity contribution is 9.10. The molecule has 1 aromatic rings. The van der Waals surface area contributed by atoms with E-state index in [1.807, 2.05) is 13.1 Å². The van der Waals surface area contributed by atoms with Crippen LogP contribution in [0.3, 0.4) is 0 Å². The molecule has 0 heterocycles. The standard InChI is InChI=1S/C13H21BrN2/c1-9(2)12(8-15)13(16-3)10-5-4-6-11(14)7-10/h4-7,9,12-13,16H,8,15H2,1-3H3. The first kappa shape index (κ1) is 13.7. The average molecular weight is 285 g/mol. The van der Waals surface area contributed by atoms with Crippen molar-refractivity contribution in [3.63, 3.8) is 0 Å². The van der Waals surface area contributed by atoms with Crippen LogP contribution in [0.5, 0.6) is 0 Å². The Balaban J connectivity index is 2.96. The fourth-order valence-electron chi connectivity index (χ4n) is 2.12. The van der Waals surface area contributed by atoms with Crippen LogP contribution in [0, 0.1) is 11.8 Å². The van der Waals surface area contributed by atoms with Gasteiger partial charge in [-0.05, 0) is 43.1 Å². The van der Waals surface area contributed by atoms with E-state index in [1.54, 1.807) is 0 Å². The van der Waals surface area contributed by atoms with Crippen molar-refractivity contribution in [3.8, 4) is 0 Å². The molecule has 0 radical (unpaired) electrons. The highest BCUT2D eigenvalue weighted by Gasteiger charge is 2.23. The van der Waals surface area contributed by atoms with Crippen LogP contribution in [-0.4, -0.2) is 13.6 Å². The van der Waals surface area contributed by atoms with Crippen molar-refractivity contribution in [1.29, 1.82) is 0 Å². The van der Waals surface area contributed by atoms with Crippen LogP contribution in [0.15, 0.2) is 28.7 Å². The quantitative estimate of drug-likeness (QED) is 0.873. The second kappa shape index (κ2) is 6.38. The van der Waals surface area contributed by atoms with Gasteiger partial charge >= 0.3 is 0 Å². The number of hydrogen-bond donors (Lipinski definition) is 2. The molecular formula is C13H21BrN2. The first-order valence-electron chi connectivity index (χ1n) is 5.73. The van der Waals surface area contributed by atoms with Gasteiger partial charge in [-0.2, -0.15) is 0 Å². The van der Waals surface area contributed by atoms with Gasteiger partial charge < -0.3 is 11.1 Å². The molecule has 0 amide bonds. The van der Waals surface area contributed by atoms with Crippen LogP contribution >= 0.6 is 15.9 Å². The van der Waals surface area contributed by atoms with Gasteiger partial charge in [-0.3, -0.25) is 0 Å². The minimum atomic E-state index is 0.322. The van der Waals surface area contributed by atoms with E-state index in [4.69, 9.17) is 5.73 Å². The second-order valence-corrected chi connectivity index (χ2v) is 5.38. The van der Waals surface area contributed by atoms with Crippen LogP contribution in [0.2, 0.25) is 0 Å². The van der Waals surface area contributed by atoms with Gasteiger partial charge in [-0.25, -0.2) is 0 Å². The molecule has 3 N–H and O–H groups in total. The first-order valence-corrected chi connectivity index (χ1v) is 6.52. The third-order valence-electron chi connectivity index (χ3n) is 3.08. The molecule has 1 aromatic carbocycles. The zero-order valence-electron chi connectivity index (χ0n) is 10.2. The molecule has 2 nitrogen and oxygen atoms in total. The van der Waals surface area contributed by atoms with E-state index in [2.05, 4.69) is 53.3 Å². The van der Waals surface area contributed by atoms with Gasteiger partial charge in [0.25, 0.3) is 0 Å². The Bertz CT molecular complexity index is 325. The molecule has 0 fully saturated rings. The van der Waals surface area contributed by atoms with Crippen molar-refractivity contribution >= 4 is 15.9 Å². The lowest BCUT2D eigenvalue weighted by atomic mass is 9.84. The summed E-state index contributed by atoms with van der Waals surface area (Å²) >= 11 is 3.51. The van der Waals surface area contributed by atoms with Crippen LogP contribution in [-0.2, 0) is 0 Å². The minimum absolute atomic E-state index is 0.322. The van der Waals surface area contributed by atoms with E-state index >= 15 is 0 Å². The molecular weight excluding hydrogens is 264 g/mol. The van der Waals surface area contributed by atoms with E-state index in [-0.39, 0.29) is 0 Å². The Morgan fingerprint density at radius 1 is 1.38 bits per heavy atom. The maximum Gasteiger partial charge on any atom is 0.0361 e. The van der Waals surface area contributed by atoms with Crippen LogP contribution in [0.25, 0.3) is 0 Å². The van der Waals surface area contributed by atoms with Crippen molar-refractivity contribution in [2.75, 3.05) is 13.6 Å². The van der Waals surface area contributed by atoms with Crippen molar-refractivity contribution in [2.24, 2.45) is 17.6 Å². The Morgan fingerprint density at radius 2 is 2.06 bits per heavy atom. The lowest BCUT2D eigenvalue weighted by Gasteiger charge is -2.29. The lowest BCUT2D eigenvalue weighted by Crippen LogP contribution is -2.33. The van der Waals surface area contributed by atoms with E-state index < -0.39 is 0 Å². The molecule has 16 heavy (non-hydrogen) atoms. The summed E-state index contributed by atoms with van der Waals surface area (Å²) in [6.45, 7) is 5.15. The van der Waals surface area contributed by atoms with Crippen LogP contribution in [0.4, 0.5) is 0 Å². The predicted molar refractivity (Wildman–Crippen MR) is 73.3 cm³/mol. The molecule has 0 spiro atoms. The number of benzene rings is 1. The topological polar surface area (TPSA) is 38.0 Å². The summed E-state index contributed by atoms with van der Waals surface area (Å²) in [6.07, 6.45) is 0. The number of rotatable bonds is 5. The maximum absolute atomic E-state index is 5.87. The highest BCUT2D eigenvalue weighted by Crippen LogP contribution is 2.28. The summed E-state index contributed by atoms with van der Waals surface area (Å²) in [5.74, 6) is 1.03.